The molecule has 0 aromatic carbocycles. The van der Waals surface area contributed by atoms with Crippen LogP contribution < -0.4 is 10.6 Å². The molecule has 1 heterocycles. The standard InChI is InChI=1S/C10H17N3O2/c1-10(2,3)8-5-7(15-13-8)9(14)12-6-11-4/h5,11H,6H2,1-4H3,(H,12,14). The van der Waals surface area contributed by atoms with Crippen molar-refractivity contribution < 1.29 is 9.32 Å². The summed E-state index contributed by atoms with van der Waals surface area (Å²) in [6, 6.07) is 1.67. The van der Waals surface area contributed by atoms with Crippen LogP contribution in [-0.4, -0.2) is 24.8 Å². The molecular formula is C10H17N3O2. The number of carbonyl (C=O) groups is 1. The molecule has 5 heteroatoms. The zero-order chi connectivity index (χ0) is 11.5. The number of aromatic nitrogens is 1. The minimum atomic E-state index is -0.257. The lowest BCUT2D eigenvalue weighted by Gasteiger charge is -2.12. The number of nitrogens with one attached hydrogen (secondary N) is 2. The van der Waals surface area contributed by atoms with Crippen molar-refractivity contribution in [3.63, 3.8) is 0 Å². The third kappa shape index (κ3) is 3.06. The molecule has 0 aliphatic heterocycles. The van der Waals surface area contributed by atoms with Gasteiger partial charge < -0.3 is 15.2 Å². The van der Waals surface area contributed by atoms with E-state index in [0.717, 1.165) is 5.69 Å². The molecule has 1 aromatic rings. The van der Waals surface area contributed by atoms with Gasteiger partial charge in [-0.2, -0.15) is 0 Å². The lowest BCUT2D eigenvalue weighted by Crippen LogP contribution is -2.31. The van der Waals surface area contributed by atoms with Crippen LogP contribution in [0.25, 0.3) is 0 Å². The molecule has 1 rings (SSSR count). The Balaban J connectivity index is 2.72. The summed E-state index contributed by atoms with van der Waals surface area (Å²) in [5.74, 6) is -0.0116. The van der Waals surface area contributed by atoms with Gasteiger partial charge in [-0.15, -0.1) is 0 Å². The molecule has 0 saturated heterocycles. The van der Waals surface area contributed by atoms with Gasteiger partial charge in [-0.25, -0.2) is 0 Å². The van der Waals surface area contributed by atoms with Crippen molar-refractivity contribution in [2.75, 3.05) is 13.7 Å². The highest BCUT2D eigenvalue weighted by atomic mass is 16.5. The van der Waals surface area contributed by atoms with Gasteiger partial charge in [0.05, 0.1) is 12.4 Å². The van der Waals surface area contributed by atoms with Gasteiger partial charge in [0.1, 0.15) is 0 Å². The van der Waals surface area contributed by atoms with Crippen molar-refractivity contribution in [2.45, 2.75) is 26.2 Å². The molecule has 0 radical (unpaired) electrons. The van der Waals surface area contributed by atoms with Crippen molar-refractivity contribution in [3.05, 3.63) is 17.5 Å². The normalized spacial score (nSPS) is 11.5. The summed E-state index contributed by atoms with van der Waals surface area (Å²) in [6.45, 7) is 6.45. The third-order valence-electron chi connectivity index (χ3n) is 1.93. The first-order valence-corrected chi connectivity index (χ1v) is 4.85. The van der Waals surface area contributed by atoms with Crippen LogP contribution in [0, 0.1) is 0 Å². The number of hydrogen-bond acceptors (Lipinski definition) is 4. The molecular weight excluding hydrogens is 194 g/mol. The Morgan fingerprint density at radius 3 is 2.67 bits per heavy atom. The fraction of sp³-hybridized carbons (Fsp3) is 0.600. The molecule has 2 N–H and O–H groups in total. The van der Waals surface area contributed by atoms with E-state index in [4.69, 9.17) is 4.52 Å². The zero-order valence-corrected chi connectivity index (χ0v) is 9.55. The molecule has 1 amide bonds. The van der Waals surface area contributed by atoms with Gasteiger partial charge in [0, 0.05) is 11.5 Å². The molecule has 0 aliphatic rings. The molecule has 1 aromatic heterocycles. The summed E-state index contributed by atoms with van der Waals surface area (Å²) < 4.78 is 4.96. The summed E-state index contributed by atoms with van der Waals surface area (Å²) in [5, 5.41) is 9.30. The fourth-order valence-electron chi connectivity index (χ4n) is 0.991. The average molecular weight is 211 g/mol. The third-order valence-corrected chi connectivity index (χ3v) is 1.93. The van der Waals surface area contributed by atoms with E-state index in [0.29, 0.717) is 6.67 Å². The first kappa shape index (κ1) is 11.7. The topological polar surface area (TPSA) is 67.2 Å². The molecule has 84 valence electrons. The van der Waals surface area contributed by atoms with E-state index in [1.165, 1.54) is 0 Å². The van der Waals surface area contributed by atoms with Gasteiger partial charge in [0.25, 0.3) is 5.91 Å². The number of carbonyl (C=O) groups excluding carboxylic acids is 1. The summed E-state index contributed by atoms with van der Waals surface area (Å²) in [6.07, 6.45) is 0. The minimum absolute atomic E-state index is 0.106. The largest absolute Gasteiger partial charge is 0.351 e. The van der Waals surface area contributed by atoms with E-state index in [-0.39, 0.29) is 17.1 Å². The summed E-state index contributed by atoms with van der Waals surface area (Å²) in [4.78, 5) is 11.5. The van der Waals surface area contributed by atoms with Gasteiger partial charge >= 0.3 is 0 Å². The molecule has 0 saturated carbocycles. The van der Waals surface area contributed by atoms with Gasteiger partial charge in [0.15, 0.2) is 0 Å². The quantitative estimate of drug-likeness (QED) is 0.728. The number of hydrogen-bond donors (Lipinski definition) is 2. The Hall–Kier alpha value is -1.36. The highest BCUT2D eigenvalue weighted by molar-refractivity contribution is 5.91. The lowest BCUT2D eigenvalue weighted by atomic mass is 9.92. The van der Waals surface area contributed by atoms with Crippen LogP contribution in [0.4, 0.5) is 0 Å². The van der Waals surface area contributed by atoms with E-state index >= 15 is 0 Å². The Bertz CT molecular complexity index is 339. The van der Waals surface area contributed by atoms with E-state index in [2.05, 4.69) is 15.8 Å². The molecule has 0 unspecified atom stereocenters. The summed E-state index contributed by atoms with van der Waals surface area (Å²) in [7, 11) is 1.75. The monoisotopic (exact) mass is 211 g/mol. The van der Waals surface area contributed by atoms with Crippen LogP contribution in [0.1, 0.15) is 37.0 Å². The molecule has 0 spiro atoms. The maximum Gasteiger partial charge on any atom is 0.290 e. The Morgan fingerprint density at radius 2 is 2.20 bits per heavy atom. The van der Waals surface area contributed by atoms with E-state index in [1.807, 2.05) is 20.8 Å². The predicted octanol–water partition coefficient (Wildman–Crippen LogP) is 0.879. The molecule has 0 aliphatic carbocycles. The van der Waals surface area contributed by atoms with Crippen molar-refractivity contribution in [2.24, 2.45) is 0 Å². The molecule has 15 heavy (non-hydrogen) atoms. The summed E-state index contributed by atoms with van der Waals surface area (Å²) in [5.41, 5.74) is 0.669. The fourth-order valence-corrected chi connectivity index (χ4v) is 0.991. The van der Waals surface area contributed by atoms with Crippen molar-refractivity contribution >= 4 is 5.91 Å². The van der Waals surface area contributed by atoms with E-state index < -0.39 is 0 Å². The van der Waals surface area contributed by atoms with Gasteiger partial charge in [-0.1, -0.05) is 25.9 Å². The van der Waals surface area contributed by atoms with Crippen LogP contribution in [0.5, 0.6) is 0 Å². The predicted molar refractivity (Wildman–Crippen MR) is 56.6 cm³/mol. The molecule has 0 bridgehead atoms. The van der Waals surface area contributed by atoms with E-state index in [9.17, 15) is 4.79 Å². The Labute approximate surface area is 89.2 Å². The van der Waals surface area contributed by atoms with Crippen LogP contribution in [0.2, 0.25) is 0 Å². The maximum atomic E-state index is 11.5. The van der Waals surface area contributed by atoms with Crippen LogP contribution in [0.3, 0.4) is 0 Å². The molecule has 5 nitrogen and oxygen atoms in total. The van der Waals surface area contributed by atoms with Gasteiger partial charge in [-0.3, -0.25) is 4.79 Å². The van der Waals surface area contributed by atoms with Crippen LogP contribution in [-0.2, 0) is 5.41 Å². The van der Waals surface area contributed by atoms with Gasteiger partial charge in [-0.05, 0) is 7.05 Å². The Morgan fingerprint density at radius 1 is 1.53 bits per heavy atom. The number of amides is 1. The van der Waals surface area contributed by atoms with Crippen molar-refractivity contribution in [1.82, 2.24) is 15.8 Å². The highest BCUT2D eigenvalue weighted by Gasteiger charge is 2.21. The SMILES string of the molecule is CNCNC(=O)c1cc(C(C)(C)C)no1. The first-order valence-electron chi connectivity index (χ1n) is 4.85. The molecule has 0 atom stereocenters. The van der Waals surface area contributed by atoms with Gasteiger partial charge in [0.2, 0.25) is 5.76 Å². The molecule has 0 fully saturated rings. The van der Waals surface area contributed by atoms with E-state index in [1.54, 1.807) is 13.1 Å². The highest BCUT2D eigenvalue weighted by Crippen LogP contribution is 2.21. The second-order valence-corrected chi connectivity index (χ2v) is 4.36. The minimum Gasteiger partial charge on any atom is -0.351 e. The number of nitrogens with zero attached hydrogens (tertiary/aromatic N) is 1. The zero-order valence-electron chi connectivity index (χ0n) is 9.55. The number of rotatable bonds is 3. The average Bonchev–Trinajstić information content (AvgIpc) is 2.62. The second kappa shape index (κ2) is 4.44. The smallest absolute Gasteiger partial charge is 0.290 e. The van der Waals surface area contributed by atoms with Crippen LogP contribution >= 0.6 is 0 Å². The van der Waals surface area contributed by atoms with Crippen molar-refractivity contribution in [3.8, 4) is 0 Å². The maximum absolute atomic E-state index is 11.5. The van der Waals surface area contributed by atoms with Crippen LogP contribution in [0.15, 0.2) is 10.6 Å². The summed E-state index contributed by atoms with van der Waals surface area (Å²) >= 11 is 0. The lowest BCUT2D eigenvalue weighted by molar-refractivity contribution is 0.0914. The first-order chi connectivity index (χ1) is 6.95. The Kier molecular flexibility index (Phi) is 3.47. The second-order valence-electron chi connectivity index (χ2n) is 4.36. The van der Waals surface area contributed by atoms with Crippen molar-refractivity contribution in [1.29, 1.82) is 0 Å².